The Balaban J connectivity index is 3.00. The zero-order chi connectivity index (χ0) is 22.8. The summed E-state index contributed by atoms with van der Waals surface area (Å²) in [6.45, 7) is 3.98. The maximum Gasteiger partial charge on any atom is 0.328 e. The van der Waals surface area contributed by atoms with Crippen LogP contribution in [0.2, 0.25) is 0 Å². The van der Waals surface area contributed by atoms with Crippen LogP contribution in [0.4, 0.5) is 0 Å². The van der Waals surface area contributed by atoms with Gasteiger partial charge in [-0.2, -0.15) is 0 Å². The van der Waals surface area contributed by atoms with Gasteiger partial charge in [-0.3, -0.25) is 14.4 Å². The molecular formula is C20H29N3O7. The highest BCUT2D eigenvalue weighted by atomic mass is 16.4. The molecular weight excluding hydrogens is 394 g/mol. The first kappa shape index (κ1) is 24.9. The van der Waals surface area contributed by atoms with Crippen molar-refractivity contribution in [3.05, 3.63) is 29.8 Å². The van der Waals surface area contributed by atoms with Crippen LogP contribution in [-0.2, 0) is 25.6 Å². The molecule has 0 saturated heterocycles. The molecule has 0 aliphatic carbocycles. The summed E-state index contributed by atoms with van der Waals surface area (Å²) in [4.78, 5) is 48.1. The molecule has 0 aromatic heterocycles. The van der Waals surface area contributed by atoms with Crippen molar-refractivity contribution < 1.29 is 34.5 Å². The molecule has 10 heteroatoms. The standard InChI is InChI=1S/C20H29N3O7/c1-4-11(2)17(19(28)22-16(10-24)20(29)30)23-18(27)15(21-12(3)25)9-13-5-7-14(26)8-6-13/h5-8,11,15-17,24,26H,4,9-10H2,1-3H3,(H,21,25)(H,22,28)(H,23,27)(H,29,30)/t11?,15-,16-,17-/m0/s1. The van der Waals surface area contributed by atoms with Gasteiger partial charge in [0.15, 0.2) is 0 Å². The van der Waals surface area contributed by atoms with Crippen molar-refractivity contribution >= 4 is 23.7 Å². The third-order valence-electron chi connectivity index (χ3n) is 4.66. The first-order valence-electron chi connectivity index (χ1n) is 9.58. The van der Waals surface area contributed by atoms with Crippen molar-refractivity contribution in [1.29, 1.82) is 0 Å². The number of aliphatic hydroxyl groups excluding tert-OH is 1. The second-order valence-corrected chi connectivity index (χ2v) is 7.08. The van der Waals surface area contributed by atoms with E-state index in [1.807, 2.05) is 0 Å². The lowest BCUT2D eigenvalue weighted by atomic mass is 9.96. The Hall–Kier alpha value is -3.14. The second kappa shape index (κ2) is 11.8. The molecule has 4 atom stereocenters. The molecule has 1 unspecified atom stereocenters. The van der Waals surface area contributed by atoms with Crippen LogP contribution < -0.4 is 16.0 Å². The molecule has 0 aliphatic heterocycles. The Kier molecular flexibility index (Phi) is 9.76. The quantitative estimate of drug-likeness (QED) is 0.280. The van der Waals surface area contributed by atoms with E-state index in [-0.39, 0.29) is 18.1 Å². The molecule has 6 N–H and O–H groups in total. The minimum Gasteiger partial charge on any atom is -0.508 e. The predicted octanol–water partition coefficient (Wildman–Crippen LogP) is -0.468. The number of carboxylic acids is 1. The number of amides is 3. The third-order valence-corrected chi connectivity index (χ3v) is 4.66. The lowest BCUT2D eigenvalue weighted by molar-refractivity contribution is -0.143. The summed E-state index contributed by atoms with van der Waals surface area (Å²) in [5, 5.41) is 34.9. The number of aliphatic hydroxyl groups is 1. The monoisotopic (exact) mass is 423 g/mol. The van der Waals surface area contributed by atoms with Gasteiger partial charge in [-0.25, -0.2) is 4.79 Å². The smallest absolute Gasteiger partial charge is 0.328 e. The average molecular weight is 423 g/mol. The lowest BCUT2D eigenvalue weighted by Crippen LogP contribution is -2.58. The highest BCUT2D eigenvalue weighted by Crippen LogP contribution is 2.13. The van der Waals surface area contributed by atoms with Gasteiger partial charge in [-0.15, -0.1) is 0 Å². The number of hydrogen-bond donors (Lipinski definition) is 6. The molecule has 0 spiro atoms. The number of carbonyl (C=O) groups excluding carboxylic acids is 3. The first-order chi connectivity index (χ1) is 14.1. The molecule has 166 valence electrons. The van der Waals surface area contributed by atoms with Crippen LogP contribution in [-0.4, -0.2) is 63.7 Å². The van der Waals surface area contributed by atoms with E-state index in [4.69, 9.17) is 10.2 Å². The van der Waals surface area contributed by atoms with Gasteiger partial charge in [-0.1, -0.05) is 32.4 Å². The molecule has 3 amide bonds. The molecule has 0 heterocycles. The molecule has 10 nitrogen and oxygen atoms in total. The first-order valence-corrected chi connectivity index (χ1v) is 9.58. The second-order valence-electron chi connectivity index (χ2n) is 7.08. The normalized spacial score (nSPS) is 14.7. The zero-order valence-electron chi connectivity index (χ0n) is 17.2. The Labute approximate surface area is 174 Å². The minimum absolute atomic E-state index is 0.0599. The number of nitrogens with one attached hydrogen (secondary N) is 3. The highest BCUT2D eigenvalue weighted by molar-refractivity contribution is 5.93. The number of phenolic OH excluding ortho intramolecular Hbond substituents is 1. The maximum atomic E-state index is 12.9. The van der Waals surface area contributed by atoms with E-state index in [0.29, 0.717) is 12.0 Å². The van der Waals surface area contributed by atoms with Crippen molar-refractivity contribution in [1.82, 2.24) is 16.0 Å². The van der Waals surface area contributed by atoms with Crippen LogP contribution >= 0.6 is 0 Å². The molecule has 0 saturated carbocycles. The fraction of sp³-hybridized carbons (Fsp3) is 0.500. The number of carbonyl (C=O) groups is 4. The van der Waals surface area contributed by atoms with Crippen LogP contribution in [0.1, 0.15) is 32.8 Å². The minimum atomic E-state index is -1.50. The molecule has 1 aromatic carbocycles. The van der Waals surface area contributed by atoms with E-state index in [2.05, 4.69) is 16.0 Å². The molecule has 1 aromatic rings. The number of phenols is 1. The van der Waals surface area contributed by atoms with Crippen molar-refractivity contribution in [3.63, 3.8) is 0 Å². The summed E-state index contributed by atoms with van der Waals surface area (Å²) in [6.07, 6.45) is 0.632. The van der Waals surface area contributed by atoms with Gasteiger partial charge in [0.1, 0.15) is 23.9 Å². The van der Waals surface area contributed by atoms with E-state index in [9.17, 15) is 24.3 Å². The largest absolute Gasteiger partial charge is 0.508 e. The zero-order valence-corrected chi connectivity index (χ0v) is 17.2. The summed E-state index contributed by atoms with van der Waals surface area (Å²) in [7, 11) is 0. The summed E-state index contributed by atoms with van der Waals surface area (Å²) < 4.78 is 0. The van der Waals surface area contributed by atoms with Crippen LogP contribution in [0.5, 0.6) is 5.75 Å². The molecule has 0 bridgehead atoms. The van der Waals surface area contributed by atoms with Crippen molar-refractivity contribution in [2.24, 2.45) is 5.92 Å². The van der Waals surface area contributed by atoms with Crippen molar-refractivity contribution in [2.45, 2.75) is 51.7 Å². The Morgan fingerprint density at radius 2 is 1.57 bits per heavy atom. The molecule has 30 heavy (non-hydrogen) atoms. The Morgan fingerprint density at radius 3 is 2.03 bits per heavy atom. The molecule has 0 radical (unpaired) electrons. The Bertz CT molecular complexity index is 751. The Morgan fingerprint density at radius 1 is 0.967 bits per heavy atom. The van der Waals surface area contributed by atoms with E-state index in [0.717, 1.165) is 0 Å². The van der Waals surface area contributed by atoms with Gasteiger partial charge >= 0.3 is 5.97 Å². The van der Waals surface area contributed by atoms with Crippen LogP contribution in [0.15, 0.2) is 24.3 Å². The van der Waals surface area contributed by atoms with Crippen LogP contribution in [0, 0.1) is 5.92 Å². The number of aliphatic carboxylic acids is 1. The van der Waals surface area contributed by atoms with Gasteiger partial charge < -0.3 is 31.3 Å². The van der Waals surface area contributed by atoms with E-state index in [1.165, 1.54) is 19.1 Å². The van der Waals surface area contributed by atoms with Crippen molar-refractivity contribution in [3.8, 4) is 5.75 Å². The molecule has 0 fully saturated rings. The van der Waals surface area contributed by atoms with Crippen molar-refractivity contribution in [2.75, 3.05) is 6.61 Å². The number of aromatic hydroxyl groups is 1. The van der Waals surface area contributed by atoms with Gasteiger partial charge in [0, 0.05) is 13.3 Å². The number of hydrogen-bond acceptors (Lipinski definition) is 6. The number of rotatable bonds is 11. The van der Waals surface area contributed by atoms with Gasteiger partial charge in [0.2, 0.25) is 17.7 Å². The van der Waals surface area contributed by atoms with Gasteiger partial charge in [-0.05, 0) is 23.6 Å². The fourth-order valence-corrected chi connectivity index (χ4v) is 2.73. The highest BCUT2D eigenvalue weighted by Gasteiger charge is 2.31. The summed E-state index contributed by atoms with van der Waals surface area (Å²) in [5.74, 6) is -3.48. The van der Waals surface area contributed by atoms with Crippen LogP contribution in [0.3, 0.4) is 0 Å². The predicted molar refractivity (Wildman–Crippen MR) is 107 cm³/mol. The maximum absolute atomic E-state index is 12.9. The third kappa shape index (κ3) is 7.70. The molecule has 1 rings (SSSR count). The topological polar surface area (TPSA) is 165 Å². The summed E-state index contributed by atoms with van der Waals surface area (Å²) in [5.41, 5.74) is 0.678. The van der Waals surface area contributed by atoms with Crippen LogP contribution in [0.25, 0.3) is 0 Å². The lowest BCUT2D eigenvalue weighted by Gasteiger charge is -2.27. The fourth-order valence-electron chi connectivity index (χ4n) is 2.73. The number of benzene rings is 1. The summed E-state index contributed by atoms with van der Waals surface area (Å²) >= 11 is 0. The van der Waals surface area contributed by atoms with E-state index >= 15 is 0 Å². The average Bonchev–Trinajstić information content (AvgIpc) is 2.69. The van der Waals surface area contributed by atoms with Gasteiger partial charge in [0.25, 0.3) is 0 Å². The number of carboxylic acid groups (broad SMARTS) is 1. The SMILES string of the molecule is CCC(C)[C@H](NC(=O)[C@H](Cc1ccc(O)cc1)NC(C)=O)C(=O)N[C@@H](CO)C(=O)O. The summed E-state index contributed by atoms with van der Waals surface area (Å²) in [6, 6.07) is 2.57. The van der Waals surface area contributed by atoms with Gasteiger partial charge in [0.05, 0.1) is 6.61 Å². The van der Waals surface area contributed by atoms with E-state index < -0.39 is 48.4 Å². The molecule has 0 aliphatic rings. The van der Waals surface area contributed by atoms with E-state index in [1.54, 1.807) is 26.0 Å².